The molecule has 0 saturated carbocycles. The molecule has 7 aromatic rings. The smallest absolute Gasteiger partial charge is 0.147 e. The van der Waals surface area contributed by atoms with Crippen molar-refractivity contribution >= 4 is 33.7 Å². The SMILES string of the molecule is CC(C)(C)c1cc(C=Nc2ccccc2-c2nc3c(-c4ccc5cc(C#N)ccc5c4)cccc3n2-c2ccccc2)c(O)c(C(C)(C)C)c1. The molecule has 0 aliphatic carbocycles. The maximum atomic E-state index is 11.5. The Morgan fingerprint density at radius 1 is 0.720 bits per heavy atom. The number of hydrogen-bond acceptors (Lipinski definition) is 4. The third-order valence-electron chi connectivity index (χ3n) is 9.28. The molecule has 246 valence electrons. The van der Waals surface area contributed by atoms with Crippen LogP contribution in [-0.4, -0.2) is 20.9 Å². The zero-order valence-corrected chi connectivity index (χ0v) is 29.4. The quantitative estimate of drug-likeness (QED) is 0.188. The van der Waals surface area contributed by atoms with Crippen molar-refractivity contribution < 1.29 is 5.11 Å². The Kier molecular flexibility index (Phi) is 8.12. The third-order valence-corrected chi connectivity index (χ3v) is 9.28. The van der Waals surface area contributed by atoms with Crippen LogP contribution in [0.5, 0.6) is 5.75 Å². The van der Waals surface area contributed by atoms with Crippen LogP contribution in [0, 0.1) is 11.3 Å². The summed E-state index contributed by atoms with van der Waals surface area (Å²) in [5.41, 5.74) is 9.58. The summed E-state index contributed by atoms with van der Waals surface area (Å²) in [6, 6.07) is 43.1. The van der Waals surface area contributed by atoms with Crippen molar-refractivity contribution in [2.24, 2.45) is 4.99 Å². The molecular formula is C45H40N4O. The average Bonchev–Trinajstić information content (AvgIpc) is 3.50. The molecule has 1 aromatic heterocycles. The van der Waals surface area contributed by atoms with E-state index in [1.807, 2.05) is 60.7 Å². The molecule has 7 rings (SSSR count). The van der Waals surface area contributed by atoms with Crippen LogP contribution in [-0.2, 0) is 10.8 Å². The molecule has 5 nitrogen and oxygen atoms in total. The number of phenolic OH excluding ortho intramolecular Hbond substituents is 1. The lowest BCUT2D eigenvalue weighted by molar-refractivity contribution is 0.444. The Labute approximate surface area is 293 Å². The summed E-state index contributed by atoms with van der Waals surface area (Å²) in [5, 5.41) is 23.0. The van der Waals surface area contributed by atoms with Crippen molar-refractivity contribution in [1.29, 1.82) is 5.26 Å². The Morgan fingerprint density at radius 3 is 2.16 bits per heavy atom. The van der Waals surface area contributed by atoms with Crippen molar-refractivity contribution in [1.82, 2.24) is 9.55 Å². The molecule has 0 radical (unpaired) electrons. The van der Waals surface area contributed by atoms with Gasteiger partial charge in [0, 0.05) is 34.2 Å². The van der Waals surface area contributed by atoms with Gasteiger partial charge in [-0.1, -0.05) is 108 Å². The van der Waals surface area contributed by atoms with Gasteiger partial charge in [-0.2, -0.15) is 5.26 Å². The zero-order valence-electron chi connectivity index (χ0n) is 29.4. The fourth-order valence-corrected chi connectivity index (χ4v) is 6.51. The lowest BCUT2D eigenvalue weighted by Crippen LogP contribution is -2.17. The minimum absolute atomic E-state index is 0.100. The van der Waals surface area contributed by atoms with Crippen molar-refractivity contribution in [3.63, 3.8) is 0 Å². The number of phenols is 1. The topological polar surface area (TPSA) is 74.2 Å². The molecule has 0 spiro atoms. The number of nitrogens with zero attached hydrogens (tertiary/aromatic N) is 4. The number of imidazole rings is 1. The lowest BCUT2D eigenvalue weighted by atomic mass is 9.79. The number of hydrogen-bond donors (Lipinski definition) is 1. The predicted molar refractivity (Wildman–Crippen MR) is 207 cm³/mol. The van der Waals surface area contributed by atoms with Gasteiger partial charge in [-0.3, -0.25) is 9.56 Å². The summed E-state index contributed by atoms with van der Waals surface area (Å²) in [4.78, 5) is 10.4. The molecular weight excluding hydrogens is 613 g/mol. The predicted octanol–water partition coefficient (Wildman–Crippen LogP) is 11.4. The Hall–Kier alpha value is -5.99. The van der Waals surface area contributed by atoms with Crippen molar-refractivity contribution in [2.45, 2.75) is 52.4 Å². The Bertz CT molecular complexity index is 2470. The largest absolute Gasteiger partial charge is 0.507 e. The molecule has 0 amide bonds. The second kappa shape index (κ2) is 12.5. The molecule has 0 unspecified atom stereocenters. The summed E-state index contributed by atoms with van der Waals surface area (Å²) in [6.07, 6.45) is 1.78. The van der Waals surface area contributed by atoms with Gasteiger partial charge in [-0.05, 0) is 87.3 Å². The first-order chi connectivity index (χ1) is 23.9. The fraction of sp³-hybridized carbons (Fsp3) is 0.178. The summed E-state index contributed by atoms with van der Waals surface area (Å²) in [6.45, 7) is 12.9. The number of aromatic hydroxyl groups is 1. The summed E-state index contributed by atoms with van der Waals surface area (Å²) < 4.78 is 2.20. The summed E-state index contributed by atoms with van der Waals surface area (Å²) >= 11 is 0. The van der Waals surface area contributed by atoms with E-state index in [1.165, 1.54) is 0 Å². The van der Waals surface area contributed by atoms with Crippen LogP contribution in [0.4, 0.5) is 5.69 Å². The van der Waals surface area contributed by atoms with Crippen LogP contribution in [0.2, 0.25) is 0 Å². The van der Waals surface area contributed by atoms with E-state index in [-0.39, 0.29) is 16.6 Å². The van der Waals surface area contributed by atoms with Gasteiger partial charge in [0.15, 0.2) is 0 Å². The first-order valence-electron chi connectivity index (χ1n) is 16.9. The third kappa shape index (κ3) is 6.06. The number of aromatic nitrogens is 2. The van der Waals surface area contributed by atoms with Crippen LogP contribution in [0.1, 0.15) is 63.8 Å². The molecule has 1 heterocycles. The first kappa shape index (κ1) is 32.6. The van der Waals surface area contributed by atoms with Gasteiger partial charge in [0.05, 0.1) is 28.4 Å². The standard InChI is InChI=1S/C45H40N4O/c1-44(2,3)34-25-33(42(50)38(26-34)45(4,5)6)28-47-39-17-11-10-15-37(39)43-48-41-36(16-12-18-40(41)49(43)35-13-8-7-9-14-35)32-22-21-30-23-29(27-46)19-20-31(30)24-32/h7-26,28,50H,1-6H3. The molecule has 6 aromatic carbocycles. The lowest BCUT2D eigenvalue weighted by Gasteiger charge is -2.27. The van der Waals surface area contributed by atoms with E-state index >= 15 is 0 Å². The van der Waals surface area contributed by atoms with Gasteiger partial charge in [0.25, 0.3) is 0 Å². The second-order valence-corrected chi connectivity index (χ2v) is 14.9. The summed E-state index contributed by atoms with van der Waals surface area (Å²) in [5.74, 6) is 1.03. The number of rotatable bonds is 5. The molecule has 50 heavy (non-hydrogen) atoms. The van der Waals surface area contributed by atoms with Crippen LogP contribution in [0.25, 0.3) is 50.0 Å². The average molecular weight is 653 g/mol. The minimum Gasteiger partial charge on any atom is -0.507 e. The van der Waals surface area contributed by atoms with E-state index in [4.69, 9.17) is 9.98 Å². The monoisotopic (exact) mass is 652 g/mol. The first-order valence-corrected chi connectivity index (χ1v) is 16.9. The highest BCUT2D eigenvalue weighted by molar-refractivity contribution is 5.99. The van der Waals surface area contributed by atoms with Gasteiger partial charge >= 0.3 is 0 Å². The summed E-state index contributed by atoms with van der Waals surface area (Å²) in [7, 11) is 0. The fourth-order valence-electron chi connectivity index (χ4n) is 6.51. The maximum Gasteiger partial charge on any atom is 0.147 e. The molecule has 0 aliphatic heterocycles. The normalized spacial score (nSPS) is 12.2. The molecule has 0 bridgehead atoms. The molecule has 0 fully saturated rings. The van der Waals surface area contributed by atoms with Gasteiger partial charge in [0.2, 0.25) is 0 Å². The van der Waals surface area contributed by atoms with Crippen LogP contribution in [0.15, 0.2) is 126 Å². The van der Waals surface area contributed by atoms with E-state index in [9.17, 15) is 10.4 Å². The molecule has 5 heteroatoms. The van der Waals surface area contributed by atoms with E-state index in [2.05, 4.69) is 113 Å². The number of benzene rings is 6. The highest BCUT2D eigenvalue weighted by atomic mass is 16.3. The minimum atomic E-state index is -0.241. The Morgan fingerprint density at radius 2 is 1.42 bits per heavy atom. The highest BCUT2D eigenvalue weighted by Gasteiger charge is 2.25. The number of nitriles is 1. The molecule has 1 N–H and O–H groups in total. The Balaban J connectivity index is 1.41. The van der Waals surface area contributed by atoms with Gasteiger partial charge in [0.1, 0.15) is 11.6 Å². The second-order valence-electron chi connectivity index (χ2n) is 14.9. The zero-order chi connectivity index (χ0) is 35.2. The van der Waals surface area contributed by atoms with E-state index in [1.54, 1.807) is 6.21 Å². The van der Waals surface area contributed by atoms with Gasteiger partial charge in [-0.25, -0.2) is 4.98 Å². The van der Waals surface area contributed by atoms with E-state index < -0.39 is 0 Å². The van der Waals surface area contributed by atoms with Gasteiger partial charge < -0.3 is 5.11 Å². The van der Waals surface area contributed by atoms with Crippen LogP contribution in [0.3, 0.4) is 0 Å². The maximum absolute atomic E-state index is 11.5. The van der Waals surface area contributed by atoms with Crippen LogP contribution >= 0.6 is 0 Å². The number of para-hydroxylation sites is 3. The van der Waals surface area contributed by atoms with Crippen LogP contribution < -0.4 is 0 Å². The van der Waals surface area contributed by atoms with Crippen molar-refractivity contribution in [3.05, 3.63) is 144 Å². The molecule has 0 aliphatic rings. The number of fused-ring (bicyclic) bond motifs is 2. The van der Waals surface area contributed by atoms with E-state index in [0.29, 0.717) is 11.1 Å². The van der Waals surface area contributed by atoms with E-state index in [0.717, 1.165) is 66.8 Å². The van der Waals surface area contributed by atoms with Gasteiger partial charge in [-0.15, -0.1) is 0 Å². The highest BCUT2D eigenvalue weighted by Crippen LogP contribution is 2.40. The van der Waals surface area contributed by atoms with Crippen molar-refractivity contribution in [3.8, 4) is 40.0 Å². The van der Waals surface area contributed by atoms with Crippen molar-refractivity contribution in [2.75, 3.05) is 0 Å². The number of aliphatic imine (C=N–C) groups is 1. The molecule has 0 atom stereocenters. The molecule has 0 saturated heterocycles.